The monoisotopic (exact) mass is 373 g/mol. The van der Waals surface area contributed by atoms with Crippen LogP contribution in [0.4, 0.5) is 5.69 Å². The molecule has 2 aromatic carbocycles. The summed E-state index contributed by atoms with van der Waals surface area (Å²) in [7, 11) is 0. The molecule has 5 rings (SSSR count). The van der Waals surface area contributed by atoms with Gasteiger partial charge in [0.2, 0.25) is 0 Å². The topological polar surface area (TPSA) is 49.0 Å². The molecule has 5 heteroatoms. The highest BCUT2D eigenvalue weighted by Crippen LogP contribution is 2.31. The second-order valence-electron chi connectivity index (χ2n) is 6.86. The molecule has 3 heterocycles. The third-order valence-corrected chi connectivity index (χ3v) is 6.13. The largest absolute Gasteiger partial charge is 0.364 e. The van der Waals surface area contributed by atoms with E-state index in [1.54, 1.807) is 11.3 Å². The van der Waals surface area contributed by atoms with Gasteiger partial charge in [0, 0.05) is 17.1 Å². The molecule has 1 aliphatic rings. The highest BCUT2D eigenvalue weighted by molar-refractivity contribution is 7.21. The van der Waals surface area contributed by atoms with Crippen LogP contribution in [0.2, 0.25) is 0 Å². The van der Waals surface area contributed by atoms with Gasteiger partial charge in [-0.05, 0) is 36.1 Å². The summed E-state index contributed by atoms with van der Waals surface area (Å²) in [5, 5.41) is 0.668. The highest BCUT2D eigenvalue weighted by atomic mass is 32.1. The maximum atomic E-state index is 12.6. The van der Waals surface area contributed by atoms with Crippen LogP contribution in [0.15, 0.2) is 65.5 Å². The molecule has 0 unspecified atom stereocenters. The molecule has 4 aromatic rings. The predicted molar refractivity (Wildman–Crippen MR) is 111 cm³/mol. The average Bonchev–Trinajstić information content (AvgIpc) is 3.14. The number of thiophene rings is 1. The first kappa shape index (κ1) is 16.3. The van der Waals surface area contributed by atoms with Gasteiger partial charge in [0.1, 0.15) is 10.7 Å². The van der Waals surface area contributed by atoms with E-state index in [-0.39, 0.29) is 5.56 Å². The Morgan fingerprint density at radius 2 is 1.89 bits per heavy atom. The third kappa shape index (κ3) is 3.04. The number of nitrogens with one attached hydrogen (secondary N) is 1. The van der Waals surface area contributed by atoms with E-state index in [4.69, 9.17) is 4.98 Å². The van der Waals surface area contributed by atoms with Crippen molar-refractivity contribution in [2.24, 2.45) is 0 Å². The Labute approximate surface area is 161 Å². The number of hydrogen-bond donors (Lipinski definition) is 1. The van der Waals surface area contributed by atoms with Crippen molar-refractivity contribution in [2.45, 2.75) is 19.4 Å². The van der Waals surface area contributed by atoms with Gasteiger partial charge in [-0.1, -0.05) is 48.5 Å². The Hall–Kier alpha value is -2.92. The van der Waals surface area contributed by atoms with Crippen LogP contribution in [0.1, 0.15) is 17.8 Å². The number of benzene rings is 2. The fourth-order valence-electron chi connectivity index (χ4n) is 3.75. The number of aromatic amines is 1. The predicted octanol–water partition coefficient (Wildman–Crippen LogP) is 4.60. The first-order valence-corrected chi connectivity index (χ1v) is 10.0. The minimum Gasteiger partial charge on any atom is -0.364 e. The smallest absolute Gasteiger partial charge is 0.259 e. The fourth-order valence-corrected chi connectivity index (χ4v) is 4.81. The second-order valence-corrected chi connectivity index (χ2v) is 7.89. The van der Waals surface area contributed by atoms with Crippen LogP contribution >= 0.6 is 11.3 Å². The number of aromatic nitrogens is 2. The van der Waals surface area contributed by atoms with E-state index in [1.807, 2.05) is 24.3 Å². The van der Waals surface area contributed by atoms with Crippen LogP contribution < -0.4 is 10.5 Å². The lowest BCUT2D eigenvalue weighted by Crippen LogP contribution is -2.30. The van der Waals surface area contributed by atoms with E-state index in [9.17, 15) is 4.79 Å². The van der Waals surface area contributed by atoms with Crippen LogP contribution in [0.25, 0.3) is 20.7 Å². The summed E-state index contributed by atoms with van der Waals surface area (Å²) < 4.78 is 0. The molecule has 0 radical (unpaired) electrons. The zero-order valence-electron chi connectivity index (χ0n) is 14.8. The molecular formula is C22H19N3OS. The molecule has 4 nitrogen and oxygen atoms in total. The molecule has 134 valence electrons. The van der Waals surface area contributed by atoms with Crippen LogP contribution in [-0.4, -0.2) is 16.5 Å². The molecule has 1 aliphatic heterocycles. The first-order chi connectivity index (χ1) is 13.3. The third-order valence-electron chi connectivity index (χ3n) is 5.06. The molecule has 0 saturated carbocycles. The van der Waals surface area contributed by atoms with E-state index in [0.717, 1.165) is 40.5 Å². The maximum absolute atomic E-state index is 12.6. The minimum absolute atomic E-state index is 0.0567. The molecule has 0 spiro atoms. The lowest BCUT2D eigenvalue weighted by Gasteiger charge is -2.30. The van der Waals surface area contributed by atoms with Gasteiger partial charge in [-0.2, -0.15) is 0 Å². The molecule has 27 heavy (non-hydrogen) atoms. The van der Waals surface area contributed by atoms with Crippen molar-refractivity contribution < 1.29 is 0 Å². The number of rotatable bonds is 3. The molecule has 2 aromatic heterocycles. The molecule has 0 fully saturated rings. The van der Waals surface area contributed by atoms with Crippen molar-refractivity contribution in [1.82, 2.24) is 9.97 Å². The summed E-state index contributed by atoms with van der Waals surface area (Å²) in [5.41, 5.74) is 3.68. The molecule has 1 N–H and O–H groups in total. The van der Waals surface area contributed by atoms with Crippen molar-refractivity contribution in [3.8, 4) is 10.4 Å². The standard InChI is InChI=1S/C22H19N3OS/c26-21-17-13-19(16-8-2-1-3-9-16)27-22(17)24-20(23-21)14-25-12-6-10-15-7-4-5-11-18(15)25/h1-5,7-9,11,13H,6,10,12,14H2,(H,23,24,26). The van der Waals surface area contributed by atoms with Crippen LogP contribution in [0.3, 0.4) is 0 Å². The molecule has 0 saturated heterocycles. The van der Waals surface area contributed by atoms with Gasteiger partial charge in [0.15, 0.2) is 0 Å². The van der Waals surface area contributed by atoms with Gasteiger partial charge in [0.25, 0.3) is 5.56 Å². The van der Waals surface area contributed by atoms with E-state index in [1.165, 1.54) is 11.3 Å². The number of nitrogens with zero attached hydrogens (tertiary/aromatic N) is 2. The quantitative estimate of drug-likeness (QED) is 0.571. The summed E-state index contributed by atoms with van der Waals surface area (Å²) in [6, 6.07) is 20.6. The van der Waals surface area contributed by atoms with E-state index < -0.39 is 0 Å². The SMILES string of the molecule is O=c1[nH]c(CN2CCCc3ccccc32)nc2sc(-c3ccccc3)cc12. The van der Waals surface area contributed by atoms with Gasteiger partial charge in [-0.15, -0.1) is 11.3 Å². The number of H-pyrrole nitrogens is 1. The normalized spacial score (nSPS) is 13.7. The molecule has 0 aliphatic carbocycles. The summed E-state index contributed by atoms with van der Waals surface area (Å²) in [6.07, 6.45) is 2.24. The number of fused-ring (bicyclic) bond motifs is 2. The zero-order valence-corrected chi connectivity index (χ0v) is 15.6. The van der Waals surface area contributed by atoms with Crippen molar-refractivity contribution in [1.29, 1.82) is 0 Å². The fraction of sp³-hybridized carbons (Fsp3) is 0.182. The van der Waals surface area contributed by atoms with Crippen LogP contribution in [0.5, 0.6) is 0 Å². The van der Waals surface area contributed by atoms with Crippen molar-refractivity contribution >= 4 is 27.2 Å². The summed E-state index contributed by atoms with van der Waals surface area (Å²) >= 11 is 1.58. The number of aryl methyl sites for hydroxylation is 1. The molecule has 0 atom stereocenters. The van der Waals surface area contributed by atoms with E-state index in [2.05, 4.69) is 46.3 Å². The van der Waals surface area contributed by atoms with Crippen molar-refractivity contribution in [2.75, 3.05) is 11.4 Å². The average molecular weight is 373 g/mol. The van der Waals surface area contributed by atoms with E-state index >= 15 is 0 Å². The van der Waals surface area contributed by atoms with Gasteiger partial charge < -0.3 is 9.88 Å². The summed E-state index contributed by atoms with van der Waals surface area (Å²) in [6.45, 7) is 1.61. The molecule has 0 amide bonds. The Morgan fingerprint density at radius 3 is 2.78 bits per heavy atom. The van der Waals surface area contributed by atoms with Crippen molar-refractivity contribution in [3.05, 3.63) is 82.4 Å². The summed E-state index contributed by atoms with van der Waals surface area (Å²) in [4.78, 5) is 24.6. The number of para-hydroxylation sites is 1. The Balaban J connectivity index is 1.51. The van der Waals surface area contributed by atoms with Crippen LogP contribution in [0, 0.1) is 0 Å². The van der Waals surface area contributed by atoms with Crippen LogP contribution in [-0.2, 0) is 13.0 Å². The second kappa shape index (κ2) is 6.67. The Kier molecular flexibility index (Phi) is 4.02. The van der Waals surface area contributed by atoms with Gasteiger partial charge in [-0.3, -0.25) is 4.79 Å². The van der Waals surface area contributed by atoms with Gasteiger partial charge in [0.05, 0.1) is 11.9 Å². The Morgan fingerprint density at radius 1 is 1.07 bits per heavy atom. The Bertz CT molecular complexity index is 1160. The van der Waals surface area contributed by atoms with Gasteiger partial charge >= 0.3 is 0 Å². The zero-order chi connectivity index (χ0) is 18.2. The van der Waals surface area contributed by atoms with Crippen molar-refractivity contribution in [3.63, 3.8) is 0 Å². The lowest BCUT2D eigenvalue weighted by molar-refractivity contribution is 0.674. The number of anilines is 1. The lowest BCUT2D eigenvalue weighted by atomic mass is 10.0. The minimum atomic E-state index is -0.0567. The van der Waals surface area contributed by atoms with Gasteiger partial charge in [-0.25, -0.2) is 4.98 Å². The maximum Gasteiger partial charge on any atom is 0.259 e. The first-order valence-electron chi connectivity index (χ1n) is 9.19. The molecule has 0 bridgehead atoms. The number of hydrogen-bond acceptors (Lipinski definition) is 4. The molecular weight excluding hydrogens is 354 g/mol. The highest BCUT2D eigenvalue weighted by Gasteiger charge is 2.18. The summed E-state index contributed by atoms with van der Waals surface area (Å²) in [5.74, 6) is 0.727. The van der Waals surface area contributed by atoms with E-state index in [0.29, 0.717) is 11.9 Å².